The number of hydrogen-bond acceptors (Lipinski definition) is 5. The van der Waals surface area contributed by atoms with Gasteiger partial charge < -0.3 is 10.5 Å². The lowest BCUT2D eigenvalue weighted by atomic mass is 10.0. The van der Waals surface area contributed by atoms with E-state index in [1.807, 2.05) is 0 Å². The first kappa shape index (κ1) is 14.0. The summed E-state index contributed by atoms with van der Waals surface area (Å²) < 4.78 is 32.3. The molecule has 1 aliphatic heterocycles. The minimum absolute atomic E-state index is 0.343. The number of sulfonamides is 1. The number of hydrogen-bond donors (Lipinski definition) is 2. The van der Waals surface area contributed by atoms with Crippen LogP contribution in [-0.4, -0.2) is 28.2 Å². The first-order valence-corrected chi connectivity index (χ1v) is 8.33. The minimum atomic E-state index is -3.38. The molecular formula is C11H18N2O3S2. The Labute approximate surface area is 111 Å². The molecule has 1 aromatic heterocycles. The van der Waals surface area contributed by atoms with Gasteiger partial charge in [0.2, 0.25) is 10.0 Å². The van der Waals surface area contributed by atoms with E-state index in [2.05, 4.69) is 4.72 Å². The van der Waals surface area contributed by atoms with Gasteiger partial charge in [-0.05, 0) is 35.8 Å². The van der Waals surface area contributed by atoms with Crippen molar-refractivity contribution >= 4 is 21.4 Å². The summed E-state index contributed by atoms with van der Waals surface area (Å²) in [7, 11) is -3.38. The smallest absolute Gasteiger partial charge is 0.250 e. The fourth-order valence-electron chi connectivity index (χ4n) is 1.85. The summed E-state index contributed by atoms with van der Waals surface area (Å²) in [6.45, 7) is 2.30. The highest BCUT2D eigenvalue weighted by Crippen LogP contribution is 2.20. The number of ether oxygens (including phenoxy) is 1. The van der Waals surface area contributed by atoms with Gasteiger partial charge in [0.05, 0.1) is 0 Å². The van der Waals surface area contributed by atoms with Gasteiger partial charge in [0.25, 0.3) is 0 Å². The predicted octanol–water partition coefficient (Wildman–Crippen LogP) is 0.912. The van der Waals surface area contributed by atoms with Gasteiger partial charge >= 0.3 is 0 Å². The minimum Gasteiger partial charge on any atom is -0.381 e. The summed E-state index contributed by atoms with van der Waals surface area (Å²) in [6, 6.07) is 1.64. The molecule has 2 rings (SSSR count). The first-order chi connectivity index (χ1) is 8.62. The van der Waals surface area contributed by atoms with Crippen LogP contribution >= 0.6 is 11.3 Å². The van der Waals surface area contributed by atoms with Crippen molar-refractivity contribution in [2.45, 2.75) is 23.6 Å². The van der Waals surface area contributed by atoms with Crippen LogP contribution in [0.1, 0.15) is 18.4 Å². The Balaban J connectivity index is 1.94. The lowest BCUT2D eigenvalue weighted by Crippen LogP contribution is -2.31. The molecule has 0 amide bonds. The quantitative estimate of drug-likeness (QED) is 0.844. The van der Waals surface area contributed by atoms with Gasteiger partial charge in [0, 0.05) is 26.3 Å². The van der Waals surface area contributed by atoms with Crippen molar-refractivity contribution in [3.63, 3.8) is 0 Å². The summed E-state index contributed by atoms with van der Waals surface area (Å²) in [5.41, 5.74) is 6.33. The maximum Gasteiger partial charge on any atom is 0.250 e. The van der Waals surface area contributed by atoms with Crippen LogP contribution < -0.4 is 10.5 Å². The van der Waals surface area contributed by atoms with E-state index in [-0.39, 0.29) is 0 Å². The van der Waals surface area contributed by atoms with E-state index < -0.39 is 10.0 Å². The second kappa shape index (κ2) is 6.12. The first-order valence-electron chi connectivity index (χ1n) is 5.96. The molecule has 3 N–H and O–H groups in total. The highest BCUT2D eigenvalue weighted by Gasteiger charge is 2.20. The van der Waals surface area contributed by atoms with E-state index in [1.165, 1.54) is 11.3 Å². The largest absolute Gasteiger partial charge is 0.381 e. The van der Waals surface area contributed by atoms with Gasteiger partial charge in [-0.1, -0.05) is 0 Å². The average molecular weight is 290 g/mol. The Hall–Kier alpha value is -0.470. The summed E-state index contributed by atoms with van der Waals surface area (Å²) in [5, 5.41) is 1.78. The van der Waals surface area contributed by atoms with E-state index >= 15 is 0 Å². The molecule has 0 bridgehead atoms. The Kier molecular flexibility index (Phi) is 4.74. The number of nitrogens with two attached hydrogens (primary N) is 1. The Morgan fingerprint density at radius 2 is 2.17 bits per heavy atom. The van der Waals surface area contributed by atoms with Crippen molar-refractivity contribution in [1.29, 1.82) is 0 Å². The van der Waals surface area contributed by atoms with E-state index in [4.69, 9.17) is 10.5 Å². The van der Waals surface area contributed by atoms with E-state index in [0.717, 1.165) is 31.6 Å². The zero-order valence-corrected chi connectivity index (χ0v) is 11.7. The molecule has 18 heavy (non-hydrogen) atoms. The van der Waals surface area contributed by atoms with Gasteiger partial charge in [0.15, 0.2) is 0 Å². The molecule has 1 aliphatic rings. The van der Waals surface area contributed by atoms with Crippen molar-refractivity contribution in [2.75, 3.05) is 19.8 Å². The molecule has 2 heterocycles. The molecule has 0 aliphatic carbocycles. The molecule has 0 spiro atoms. The van der Waals surface area contributed by atoms with Crippen LogP contribution in [0, 0.1) is 5.92 Å². The number of thiophene rings is 1. The zero-order valence-electron chi connectivity index (χ0n) is 10.1. The van der Waals surface area contributed by atoms with Crippen LogP contribution in [0.3, 0.4) is 0 Å². The maximum absolute atomic E-state index is 12.0. The Morgan fingerprint density at radius 3 is 2.78 bits per heavy atom. The van der Waals surface area contributed by atoms with Gasteiger partial charge in [-0.2, -0.15) is 0 Å². The summed E-state index contributed by atoms with van der Waals surface area (Å²) in [4.78, 5) is 0. The lowest BCUT2D eigenvalue weighted by Gasteiger charge is -2.21. The molecule has 102 valence electrons. The average Bonchev–Trinajstić information content (AvgIpc) is 2.87. The molecule has 0 atom stereocenters. The van der Waals surface area contributed by atoms with Crippen LogP contribution in [0.5, 0.6) is 0 Å². The molecule has 0 saturated carbocycles. The highest BCUT2D eigenvalue weighted by atomic mass is 32.2. The third-order valence-corrected chi connectivity index (χ3v) is 5.95. The highest BCUT2D eigenvalue weighted by molar-refractivity contribution is 7.91. The molecule has 0 aromatic carbocycles. The number of rotatable bonds is 5. The topological polar surface area (TPSA) is 81.4 Å². The normalized spacial score (nSPS) is 18.1. The maximum atomic E-state index is 12.0. The lowest BCUT2D eigenvalue weighted by molar-refractivity contribution is 0.0678. The summed E-state index contributed by atoms with van der Waals surface area (Å²) in [6.07, 6.45) is 1.84. The van der Waals surface area contributed by atoms with Crippen LogP contribution in [0.4, 0.5) is 0 Å². The third kappa shape index (κ3) is 3.52. The molecule has 7 heteroatoms. The van der Waals surface area contributed by atoms with Crippen molar-refractivity contribution in [3.8, 4) is 0 Å². The van der Waals surface area contributed by atoms with Crippen LogP contribution in [0.25, 0.3) is 0 Å². The molecule has 1 fully saturated rings. The second-order valence-electron chi connectivity index (χ2n) is 4.39. The SMILES string of the molecule is NCc1csc(S(=O)(=O)NCC2CCOCC2)c1. The zero-order chi connectivity index (χ0) is 13.0. The van der Waals surface area contributed by atoms with Gasteiger partial charge in [-0.3, -0.25) is 0 Å². The monoisotopic (exact) mass is 290 g/mol. The van der Waals surface area contributed by atoms with E-state index in [1.54, 1.807) is 11.4 Å². The van der Waals surface area contributed by atoms with Crippen molar-refractivity contribution < 1.29 is 13.2 Å². The molecule has 1 aromatic rings. The van der Waals surface area contributed by atoms with Crippen LogP contribution in [0.15, 0.2) is 15.7 Å². The fraction of sp³-hybridized carbons (Fsp3) is 0.636. The summed E-state index contributed by atoms with van der Waals surface area (Å²) >= 11 is 1.21. The van der Waals surface area contributed by atoms with Gasteiger partial charge in [-0.25, -0.2) is 13.1 Å². The standard InChI is InChI=1S/C11H18N2O3S2/c12-6-10-5-11(17-8-10)18(14,15)13-7-9-1-3-16-4-2-9/h5,8-9,13H,1-4,6-7,12H2. The number of nitrogens with one attached hydrogen (secondary N) is 1. The fourth-order valence-corrected chi connectivity index (χ4v) is 4.23. The Bertz CT molecular complexity index is 478. The molecule has 5 nitrogen and oxygen atoms in total. The molecule has 0 unspecified atom stereocenters. The summed E-state index contributed by atoms with van der Waals surface area (Å²) in [5.74, 6) is 0.377. The Morgan fingerprint density at radius 1 is 1.44 bits per heavy atom. The van der Waals surface area contributed by atoms with Gasteiger partial charge in [0.1, 0.15) is 4.21 Å². The van der Waals surface area contributed by atoms with E-state index in [9.17, 15) is 8.42 Å². The third-order valence-electron chi connectivity index (χ3n) is 3.03. The van der Waals surface area contributed by atoms with Gasteiger partial charge in [-0.15, -0.1) is 11.3 Å². The van der Waals surface area contributed by atoms with Crippen LogP contribution in [-0.2, 0) is 21.3 Å². The molecule has 1 saturated heterocycles. The van der Waals surface area contributed by atoms with Crippen molar-refractivity contribution in [3.05, 3.63) is 17.0 Å². The predicted molar refractivity (Wildman–Crippen MR) is 70.9 cm³/mol. The molecule has 0 radical (unpaired) electrons. The van der Waals surface area contributed by atoms with Crippen molar-refractivity contribution in [2.24, 2.45) is 11.7 Å². The second-order valence-corrected chi connectivity index (χ2v) is 7.29. The van der Waals surface area contributed by atoms with Crippen molar-refractivity contribution in [1.82, 2.24) is 4.72 Å². The molecular weight excluding hydrogens is 272 g/mol. The van der Waals surface area contributed by atoms with E-state index in [0.29, 0.717) is 23.2 Å². The van der Waals surface area contributed by atoms with Crippen LogP contribution in [0.2, 0.25) is 0 Å².